The largest absolute Gasteiger partial charge is 0.456 e. The second kappa shape index (κ2) is 4.24. The second-order valence-corrected chi connectivity index (χ2v) is 4.46. The first-order valence-electron chi connectivity index (χ1n) is 5.88. The highest BCUT2D eigenvalue weighted by Crippen LogP contribution is 2.30. The van der Waals surface area contributed by atoms with E-state index in [1.807, 2.05) is 37.3 Å². The molecule has 0 atom stereocenters. The Balaban J connectivity index is 2.14. The van der Waals surface area contributed by atoms with E-state index in [-0.39, 0.29) is 5.69 Å². The van der Waals surface area contributed by atoms with Gasteiger partial charge in [-0.2, -0.15) is 0 Å². The fourth-order valence-corrected chi connectivity index (χ4v) is 2.08. The van der Waals surface area contributed by atoms with E-state index in [0.717, 1.165) is 22.3 Å². The molecule has 1 aromatic heterocycles. The van der Waals surface area contributed by atoms with Crippen LogP contribution in [0, 0.1) is 17.0 Å². The number of fused-ring (bicyclic) bond motifs is 1. The Morgan fingerprint density at radius 3 is 2.68 bits per heavy atom. The monoisotopic (exact) mass is 253 g/mol. The average Bonchev–Trinajstić information content (AvgIpc) is 2.81. The fraction of sp³-hybridized carbons (Fsp3) is 0.0667. The van der Waals surface area contributed by atoms with Crippen molar-refractivity contribution in [1.29, 1.82) is 0 Å². The van der Waals surface area contributed by atoms with Crippen LogP contribution >= 0.6 is 0 Å². The number of non-ortho nitro benzene ring substituents is 1. The van der Waals surface area contributed by atoms with Crippen molar-refractivity contribution >= 4 is 16.7 Å². The summed E-state index contributed by atoms with van der Waals surface area (Å²) in [5, 5.41) is 11.5. The zero-order valence-electron chi connectivity index (χ0n) is 10.3. The second-order valence-electron chi connectivity index (χ2n) is 4.46. The van der Waals surface area contributed by atoms with Crippen molar-refractivity contribution in [3.05, 3.63) is 64.2 Å². The lowest BCUT2D eigenvalue weighted by molar-refractivity contribution is -0.384. The molecule has 1 heterocycles. The molecule has 2 aromatic carbocycles. The molecule has 4 heteroatoms. The summed E-state index contributed by atoms with van der Waals surface area (Å²) in [5.74, 6) is 0.721. The first-order valence-corrected chi connectivity index (χ1v) is 5.88. The van der Waals surface area contributed by atoms with Crippen molar-refractivity contribution in [3.8, 4) is 11.3 Å². The van der Waals surface area contributed by atoms with E-state index in [1.165, 1.54) is 12.1 Å². The van der Waals surface area contributed by atoms with Gasteiger partial charge >= 0.3 is 0 Å². The molecule has 94 valence electrons. The van der Waals surface area contributed by atoms with Crippen LogP contribution in [0.15, 0.2) is 52.9 Å². The molecule has 0 amide bonds. The standard InChI is InChI=1S/C15H11NO3/c1-10-3-2-4-11(7-10)15-9-12-8-13(16(17)18)5-6-14(12)19-15/h2-9H,1H3. The minimum absolute atomic E-state index is 0.0732. The zero-order valence-corrected chi connectivity index (χ0v) is 10.3. The Kier molecular flexibility index (Phi) is 2.56. The molecule has 3 aromatic rings. The van der Waals surface area contributed by atoms with E-state index in [2.05, 4.69) is 0 Å². The van der Waals surface area contributed by atoms with Crippen LogP contribution in [-0.2, 0) is 0 Å². The van der Waals surface area contributed by atoms with Crippen molar-refractivity contribution in [2.75, 3.05) is 0 Å². The van der Waals surface area contributed by atoms with Gasteiger partial charge in [0.05, 0.1) is 4.92 Å². The highest BCUT2D eigenvalue weighted by Gasteiger charge is 2.11. The van der Waals surface area contributed by atoms with E-state index in [0.29, 0.717) is 5.58 Å². The summed E-state index contributed by atoms with van der Waals surface area (Å²) in [6, 6.07) is 14.4. The minimum Gasteiger partial charge on any atom is -0.456 e. The third kappa shape index (κ3) is 2.08. The number of aryl methyl sites for hydroxylation is 1. The van der Waals surface area contributed by atoms with Gasteiger partial charge in [-0.1, -0.05) is 23.8 Å². The van der Waals surface area contributed by atoms with Crippen LogP contribution < -0.4 is 0 Å². The molecule has 0 saturated carbocycles. The molecule has 0 aliphatic carbocycles. The van der Waals surface area contributed by atoms with Crippen molar-refractivity contribution < 1.29 is 9.34 Å². The van der Waals surface area contributed by atoms with Crippen LogP contribution in [0.1, 0.15) is 5.56 Å². The molecule has 0 radical (unpaired) electrons. The predicted molar refractivity (Wildman–Crippen MR) is 73.0 cm³/mol. The molecular formula is C15H11NO3. The van der Waals surface area contributed by atoms with Gasteiger partial charge in [0.2, 0.25) is 0 Å². The summed E-state index contributed by atoms with van der Waals surface area (Å²) in [4.78, 5) is 10.3. The summed E-state index contributed by atoms with van der Waals surface area (Å²) in [6.07, 6.45) is 0. The number of rotatable bonds is 2. The Labute approximate surface area is 109 Å². The molecule has 0 spiro atoms. The molecule has 0 saturated heterocycles. The van der Waals surface area contributed by atoms with Crippen molar-refractivity contribution in [2.24, 2.45) is 0 Å². The summed E-state index contributed by atoms with van der Waals surface area (Å²) in [5.41, 5.74) is 2.84. The molecule has 0 fully saturated rings. The lowest BCUT2D eigenvalue weighted by atomic mass is 10.1. The summed E-state index contributed by atoms with van der Waals surface area (Å²) >= 11 is 0. The summed E-state index contributed by atoms with van der Waals surface area (Å²) in [6.45, 7) is 2.01. The maximum Gasteiger partial charge on any atom is 0.270 e. The van der Waals surface area contributed by atoms with E-state index in [9.17, 15) is 10.1 Å². The molecule has 4 nitrogen and oxygen atoms in total. The first-order chi connectivity index (χ1) is 9.13. The maximum atomic E-state index is 10.7. The predicted octanol–water partition coefficient (Wildman–Crippen LogP) is 4.32. The molecular weight excluding hydrogens is 242 g/mol. The van der Waals surface area contributed by atoms with Gasteiger partial charge in [-0.3, -0.25) is 10.1 Å². The molecule has 3 rings (SSSR count). The number of nitrogens with zero attached hydrogens (tertiary/aromatic N) is 1. The van der Waals surface area contributed by atoms with Gasteiger partial charge < -0.3 is 4.42 Å². The third-order valence-corrected chi connectivity index (χ3v) is 3.01. The summed E-state index contributed by atoms with van der Waals surface area (Å²) in [7, 11) is 0. The number of hydrogen-bond donors (Lipinski definition) is 0. The van der Waals surface area contributed by atoms with Gasteiger partial charge in [0.25, 0.3) is 5.69 Å². The van der Waals surface area contributed by atoms with Crippen LogP contribution in [0.2, 0.25) is 0 Å². The number of nitro groups is 1. The topological polar surface area (TPSA) is 56.3 Å². The van der Waals surface area contributed by atoms with Crippen LogP contribution in [0.3, 0.4) is 0 Å². The van der Waals surface area contributed by atoms with Gasteiger partial charge in [-0.05, 0) is 25.1 Å². The summed E-state index contributed by atoms with van der Waals surface area (Å²) < 4.78 is 5.72. The van der Waals surface area contributed by atoms with Crippen LogP contribution in [-0.4, -0.2) is 4.92 Å². The van der Waals surface area contributed by atoms with Gasteiger partial charge in [0.15, 0.2) is 0 Å². The number of benzene rings is 2. The number of furan rings is 1. The fourth-order valence-electron chi connectivity index (χ4n) is 2.08. The average molecular weight is 253 g/mol. The van der Waals surface area contributed by atoms with E-state index in [1.54, 1.807) is 6.07 Å². The van der Waals surface area contributed by atoms with Crippen LogP contribution in [0.4, 0.5) is 5.69 Å². The number of hydrogen-bond acceptors (Lipinski definition) is 3. The van der Waals surface area contributed by atoms with Crippen molar-refractivity contribution in [3.63, 3.8) is 0 Å². The highest BCUT2D eigenvalue weighted by molar-refractivity contribution is 5.84. The van der Waals surface area contributed by atoms with Crippen molar-refractivity contribution in [2.45, 2.75) is 6.92 Å². The zero-order chi connectivity index (χ0) is 13.4. The lowest BCUT2D eigenvalue weighted by Crippen LogP contribution is -1.85. The first kappa shape index (κ1) is 11.5. The van der Waals surface area contributed by atoms with E-state index < -0.39 is 4.92 Å². The lowest BCUT2D eigenvalue weighted by Gasteiger charge is -1.97. The molecule has 19 heavy (non-hydrogen) atoms. The van der Waals surface area contributed by atoms with Gasteiger partial charge in [0, 0.05) is 23.1 Å². The van der Waals surface area contributed by atoms with Crippen molar-refractivity contribution in [1.82, 2.24) is 0 Å². The maximum absolute atomic E-state index is 10.7. The van der Waals surface area contributed by atoms with Crippen LogP contribution in [0.5, 0.6) is 0 Å². The Hall–Kier alpha value is -2.62. The SMILES string of the molecule is Cc1cccc(-c2cc3cc([N+](=O)[O-])ccc3o2)c1. The Morgan fingerprint density at radius 2 is 1.95 bits per heavy atom. The molecule has 0 aliphatic heterocycles. The molecule has 0 aliphatic rings. The van der Waals surface area contributed by atoms with Gasteiger partial charge in [-0.25, -0.2) is 0 Å². The highest BCUT2D eigenvalue weighted by atomic mass is 16.6. The van der Waals surface area contributed by atoms with E-state index >= 15 is 0 Å². The molecule has 0 bridgehead atoms. The molecule has 0 unspecified atom stereocenters. The quantitative estimate of drug-likeness (QED) is 0.505. The Bertz CT molecular complexity index is 774. The van der Waals surface area contributed by atoms with Gasteiger partial charge in [-0.15, -0.1) is 0 Å². The number of nitro benzene ring substituents is 1. The smallest absolute Gasteiger partial charge is 0.270 e. The molecule has 0 N–H and O–H groups in total. The third-order valence-electron chi connectivity index (χ3n) is 3.01. The van der Waals surface area contributed by atoms with E-state index in [4.69, 9.17) is 4.42 Å². The van der Waals surface area contributed by atoms with Gasteiger partial charge in [0.1, 0.15) is 11.3 Å². The normalized spacial score (nSPS) is 10.8. The van der Waals surface area contributed by atoms with Crippen LogP contribution in [0.25, 0.3) is 22.3 Å². The minimum atomic E-state index is -0.404. The Morgan fingerprint density at radius 1 is 1.11 bits per heavy atom.